The molecule has 3 aromatic rings. The monoisotopic (exact) mass is 378 g/mol. The van der Waals surface area contributed by atoms with E-state index in [0.29, 0.717) is 29.0 Å². The number of rotatable bonds is 4. The van der Waals surface area contributed by atoms with Gasteiger partial charge in [-0.3, -0.25) is 9.59 Å². The highest BCUT2D eigenvalue weighted by Gasteiger charge is 2.35. The average Bonchev–Trinajstić information content (AvgIpc) is 3.10. The molecule has 1 aliphatic rings. The summed E-state index contributed by atoms with van der Waals surface area (Å²) in [7, 11) is 1.58. The molecule has 1 N–H and O–H groups in total. The number of ether oxygens (including phenoxy) is 1. The Bertz CT molecular complexity index is 1100. The lowest BCUT2D eigenvalue weighted by atomic mass is 10.1. The van der Waals surface area contributed by atoms with Crippen LogP contribution in [0.15, 0.2) is 63.8 Å². The zero-order valence-electron chi connectivity index (χ0n) is 15.2. The number of amides is 2. The van der Waals surface area contributed by atoms with Gasteiger partial charge in [0.25, 0.3) is 0 Å². The second-order valence-corrected chi connectivity index (χ2v) is 6.60. The second-order valence-electron chi connectivity index (χ2n) is 6.60. The third-order valence-electron chi connectivity index (χ3n) is 4.77. The molecule has 2 amide bonds. The summed E-state index contributed by atoms with van der Waals surface area (Å²) >= 11 is 0. The van der Waals surface area contributed by atoms with Crippen molar-refractivity contribution < 1.29 is 18.7 Å². The molecular formula is C21H18N2O5. The lowest BCUT2D eigenvalue weighted by Gasteiger charge is -2.17. The molecule has 0 radical (unpaired) electrons. The number of anilines is 2. The van der Waals surface area contributed by atoms with Crippen LogP contribution in [-0.2, 0) is 9.59 Å². The standard InChI is InChI=1S/C21H18N2O5/c1-27-17-6-4-16(5-7-17)23-12-14(11-19(23)24)21(26)22-15-3-8-18-13(10-15)2-9-20(25)28-18/h2-10,14H,11-12H2,1H3,(H,22,26)/t14-/m0/s1. The Balaban J connectivity index is 1.47. The minimum Gasteiger partial charge on any atom is -0.497 e. The van der Waals surface area contributed by atoms with E-state index < -0.39 is 11.5 Å². The molecule has 0 aliphatic carbocycles. The van der Waals surface area contributed by atoms with Gasteiger partial charge in [-0.1, -0.05) is 0 Å². The van der Waals surface area contributed by atoms with Gasteiger partial charge in [-0.15, -0.1) is 0 Å². The minimum atomic E-state index is -0.445. The molecule has 1 fully saturated rings. The molecule has 2 heterocycles. The predicted octanol–water partition coefficient (Wildman–Crippen LogP) is 2.79. The lowest BCUT2D eigenvalue weighted by Crippen LogP contribution is -2.28. The van der Waals surface area contributed by atoms with Gasteiger partial charge < -0.3 is 19.4 Å². The van der Waals surface area contributed by atoms with E-state index in [-0.39, 0.29) is 18.2 Å². The van der Waals surface area contributed by atoms with E-state index in [0.717, 1.165) is 5.69 Å². The van der Waals surface area contributed by atoms with Crippen LogP contribution in [0.4, 0.5) is 11.4 Å². The van der Waals surface area contributed by atoms with E-state index in [1.807, 2.05) is 0 Å². The van der Waals surface area contributed by atoms with Gasteiger partial charge in [0.2, 0.25) is 11.8 Å². The van der Waals surface area contributed by atoms with E-state index in [4.69, 9.17) is 9.15 Å². The fourth-order valence-corrected chi connectivity index (χ4v) is 3.29. The van der Waals surface area contributed by atoms with Crippen molar-refractivity contribution in [3.63, 3.8) is 0 Å². The van der Waals surface area contributed by atoms with Crippen molar-refractivity contribution >= 4 is 34.2 Å². The van der Waals surface area contributed by atoms with Crippen LogP contribution < -0.4 is 20.6 Å². The van der Waals surface area contributed by atoms with E-state index in [1.165, 1.54) is 6.07 Å². The average molecular weight is 378 g/mol. The lowest BCUT2D eigenvalue weighted by molar-refractivity contribution is -0.122. The molecule has 1 saturated heterocycles. The largest absolute Gasteiger partial charge is 0.497 e. The zero-order valence-corrected chi connectivity index (χ0v) is 15.2. The fourth-order valence-electron chi connectivity index (χ4n) is 3.29. The van der Waals surface area contributed by atoms with Gasteiger partial charge in [0.1, 0.15) is 11.3 Å². The summed E-state index contributed by atoms with van der Waals surface area (Å²) in [6.45, 7) is 0.319. The third-order valence-corrected chi connectivity index (χ3v) is 4.77. The number of nitrogens with one attached hydrogen (secondary N) is 1. The smallest absolute Gasteiger partial charge is 0.336 e. The molecule has 4 rings (SSSR count). The molecule has 7 heteroatoms. The maximum atomic E-state index is 12.6. The van der Waals surface area contributed by atoms with Crippen LogP contribution in [-0.4, -0.2) is 25.5 Å². The molecular weight excluding hydrogens is 360 g/mol. The van der Waals surface area contributed by atoms with Gasteiger partial charge in [-0.05, 0) is 48.5 Å². The highest BCUT2D eigenvalue weighted by atomic mass is 16.5. The fraction of sp³-hybridized carbons (Fsp3) is 0.190. The Hall–Kier alpha value is -3.61. The summed E-state index contributed by atoms with van der Waals surface area (Å²) in [6, 6.07) is 15.2. The highest BCUT2D eigenvalue weighted by Crippen LogP contribution is 2.28. The van der Waals surface area contributed by atoms with Crippen LogP contribution in [0.3, 0.4) is 0 Å². The summed E-state index contributed by atoms with van der Waals surface area (Å²) in [5.41, 5.74) is 1.35. The zero-order chi connectivity index (χ0) is 19.7. The van der Waals surface area contributed by atoms with Gasteiger partial charge >= 0.3 is 5.63 Å². The van der Waals surface area contributed by atoms with Crippen LogP contribution in [0.2, 0.25) is 0 Å². The first-order chi connectivity index (χ1) is 13.5. The van der Waals surface area contributed by atoms with Crippen LogP contribution in [0.25, 0.3) is 11.0 Å². The van der Waals surface area contributed by atoms with Crippen LogP contribution >= 0.6 is 0 Å². The molecule has 28 heavy (non-hydrogen) atoms. The van der Waals surface area contributed by atoms with Crippen molar-refractivity contribution in [1.82, 2.24) is 0 Å². The molecule has 1 aromatic heterocycles. The number of fused-ring (bicyclic) bond motifs is 1. The molecule has 0 saturated carbocycles. The van der Waals surface area contributed by atoms with Crippen molar-refractivity contribution in [3.05, 3.63) is 65.0 Å². The van der Waals surface area contributed by atoms with Crippen molar-refractivity contribution in [3.8, 4) is 5.75 Å². The molecule has 1 aliphatic heterocycles. The first-order valence-corrected chi connectivity index (χ1v) is 8.83. The number of carbonyl (C=O) groups excluding carboxylic acids is 2. The molecule has 7 nitrogen and oxygen atoms in total. The molecule has 2 aromatic carbocycles. The predicted molar refractivity (Wildman–Crippen MR) is 105 cm³/mol. The van der Waals surface area contributed by atoms with Gasteiger partial charge in [0.15, 0.2) is 0 Å². The third kappa shape index (κ3) is 3.46. The molecule has 0 spiro atoms. The summed E-state index contributed by atoms with van der Waals surface area (Å²) in [5.74, 6) is -0.0532. The minimum absolute atomic E-state index is 0.0920. The highest BCUT2D eigenvalue weighted by molar-refractivity contribution is 6.04. The van der Waals surface area contributed by atoms with Crippen molar-refractivity contribution in [2.24, 2.45) is 5.92 Å². The van der Waals surface area contributed by atoms with E-state index in [2.05, 4.69) is 5.32 Å². The van der Waals surface area contributed by atoms with E-state index in [9.17, 15) is 14.4 Å². The molecule has 1 atom stereocenters. The molecule has 0 bridgehead atoms. The molecule has 142 valence electrons. The number of methoxy groups -OCH3 is 1. The summed E-state index contributed by atoms with van der Waals surface area (Å²) in [4.78, 5) is 37.9. The van der Waals surface area contributed by atoms with Gasteiger partial charge in [0.05, 0.1) is 13.0 Å². The Morgan fingerprint density at radius 2 is 1.89 bits per heavy atom. The summed E-state index contributed by atoms with van der Waals surface area (Å²) in [6.07, 6.45) is 0.153. The Morgan fingerprint density at radius 1 is 1.11 bits per heavy atom. The number of nitrogens with zero attached hydrogens (tertiary/aromatic N) is 1. The van der Waals surface area contributed by atoms with Crippen molar-refractivity contribution in [2.45, 2.75) is 6.42 Å². The van der Waals surface area contributed by atoms with Crippen molar-refractivity contribution in [2.75, 3.05) is 23.9 Å². The summed E-state index contributed by atoms with van der Waals surface area (Å²) < 4.78 is 10.2. The van der Waals surface area contributed by atoms with Gasteiger partial charge in [0, 0.05) is 35.8 Å². The number of hydrogen-bond donors (Lipinski definition) is 1. The maximum absolute atomic E-state index is 12.6. The second kappa shape index (κ2) is 7.19. The maximum Gasteiger partial charge on any atom is 0.336 e. The van der Waals surface area contributed by atoms with Crippen LogP contribution in [0.1, 0.15) is 6.42 Å². The first-order valence-electron chi connectivity index (χ1n) is 8.83. The Kier molecular flexibility index (Phi) is 4.57. The Morgan fingerprint density at radius 3 is 2.64 bits per heavy atom. The van der Waals surface area contributed by atoms with Gasteiger partial charge in [-0.2, -0.15) is 0 Å². The van der Waals surface area contributed by atoms with Gasteiger partial charge in [-0.25, -0.2) is 4.79 Å². The SMILES string of the molecule is COc1ccc(N2C[C@@H](C(=O)Nc3ccc4oc(=O)ccc4c3)CC2=O)cc1. The topological polar surface area (TPSA) is 88.8 Å². The van der Waals surface area contributed by atoms with Crippen LogP contribution in [0.5, 0.6) is 5.75 Å². The normalized spacial score (nSPS) is 16.4. The van der Waals surface area contributed by atoms with E-state index >= 15 is 0 Å². The van der Waals surface area contributed by atoms with Crippen molar-refractivity contribution in [1.29, 1.82) is 0 Å². The van der Waals surface area contributed by atoms with E-state index in [1.54, 1.807) is 60.5 Å². The number of carbonyl (C=O) groups is 2. The molecule has 0 unspecified atom stereocenters. The quantitative estimate of drug-likeness (QED) is 0.705. The Labute approximate surface area is 160 Å². The first kappa shape index (κ1) is 17.8. The number of hydrogen-bond acceptors (Lipinski definition) is 5. The van der Waals surface area contributed by atoms with Crippen LogP contribution in [0, 0.1) is 5.92 Å². The number of benzene rings is 2. The summed E-state index contributed by atoms with van der Waals surface area (Å²) in [5, 5.41) is 3.55.